The normalized spacial score (nSPS) is 13.7. The molecule has 0 bridgehead atoms. The molecule has 1 atom stereocenters. The number of hydrogen-bond acceptors (Lipinski definition) is 12. The van der Waals surface area contributed by atoms with Gasteiger partial charge in [-0.1, -0.05) is 88.3 Å². The van der Waals surface area contributed by atoms with Crippen molar-refractivity contribution in [3.05, 3.63) is 356 Å². The van der Waals surface area contributed by atoms with Crippen LogP contribution >= 0.6 is 0 Å². The zero-order valence-electron chi connectivity index (χ0n) is 98.1. The standard InChI is InChI=1S/2C22H23N2O.2C21H21N2O.C20H19N2O.C19H17N2O/c1-13(2)16-10-11-24(5)19(12-16)20-14(3)6-8-17-18-9-7-15(4)23-22(18)25-21(17)20;1-13(2)16-8-10-24(5)18(12-16)20-15(4)11-14(3)19-17-7-6-9-23-22(17)25-21(19)20;1-12-6-8-16-17-9-7-15(4)22-21(17)24-20(16)19(12)18-10-13(2)14(3)11-23(18)5;1-12-10-17(23(5)11-15(12)4)19-14(3)9-13(2)18-16-7-6-8-22-21(16)24-20(18)19;1-12-5-10-17(22(4)11-12)18-13(2)6-8-15-16-9-7-14(3)21-20(16)23-19(15)18;1-12-7-9-14-15-10-8-13(2)20-19(15)22-18(14)17(12)16-6-4-5-11-21(16)3/h2*6-13H,1-5H3;2*6-11H,1-5H3;5-11H,1-4H3;4-11H,1-3H3/q6*+1/i;1D3,3D3,13D;;2D3,4D3;;. The quantitative estimate of drug-likeness (QED) is 0.132. The van der Waals surface area contributed by atoms with Crippen molar-refractivity contribution < 1.29 is 71.7 Å². The monoisotopic (exact) mass is 1900 g/mol. The highest BCUT2D eigenvalue weighted by molar-refractivity contribution is 6.15. The third-order valence-electron chi connectivity index (χ3n) is 27.4. The fourth-order valence-electron chi connectivity index (χ4n) is 19.6. The first kappa shape index (κ1) is 80.7. The van der Waals surface area contributed by atoms with Crippen LogP contribution in [0.15, 0.2) is 276 Å². The minimum Gasteiger partial charge on any atom is -0.437 e. The average molecular weight is 1900 g/mol. The smallest absolute Gasteiger partial charge is 0.227 e. The summed E-state index contributed by atoms with van der Waals surface area (Å²) in [5, 5.41) is 11.0. The number of pyridine rings is 12. The molecule has 0 aliphatic rings. The zero-order chi connectivity index (χ0) is 112. The minimum absolute atomic E-state index is 0.173. The van der Waals surface area contributed by atoms with E-state index in [2.05, 4.69) is 279 Å². The Morgan fingerprint density at radius 2 is 0.601 bits per heavy atom. The molecular formula is C125H124N12O6+6. The van der Waals surface area contributed by atoms with Gasteiger partial charge in [0.25, 0.3) is 0 Å². The predicted molar refractivity (Wildman–Crippen MR) is 577 cm³/mol. The lowest BCUT2D eigenvalue weighted by Gasteiger charge is -2.10. The number of benzene rings is 6. The van der Waals surface area contributed by atoms with E-state index in [1.54, 1.807) is 116 Å². The summed E-state index contributed by atoms with van der Waals surface area (Å²) in [4.78, 5) is 26.7. The number of aryl methyl sites for hydroxylation is 23. The van der Waals surface area contributed by atoms with Gasteiger partial charge in [0.2, 0.25) is 68.4 Å². The topological polar surface area (TPSA) is 179 Å². The second-order valence-corrected chi connectivity index (χ2v) is 38.3. The van der Waals surface area contributed by atoms with E-state index < -0.39 is 33.3 Å². The fraction of sp³-hybridized carbons (Fsp3) is 0.232. The van der Waals surface area contributed by atoms with Crippen molar-refractivity contribution >= 4 is 132 Å². The molecule has 18 aromatic heterocycles. The number of nitrogens with zero attached hydrogens (tertiary/aromatic N) is 12. The number of aromatic nitrogens is 12. The van der Waals surface area contributed by atoms with Gasteiger partial charge in [0.05, 0.1) is 33.4 Å². The summed E-state index contributed by atoms with van der Waals surface area (Å²) >= 11 is 0. The molecule has 0 N–H and O–H groups in total. The van der Waals surface area contributed by atoms with E-state index in [1.165, 1.54) is 57.1 Å². The molecule has 143 heavy (non-hydrogen) atoms. The number of rotatable bonds is 8. The van der Waals surface area contributed by atoms with Gasteiger partial charge in [-0.3, -0.25) is 0 Å². The molecule has 0 aliphatic heterocycles. The zero-order valence-corrected chi connectivity index (χ0v) is 85.1. The molecule has 0 spiro atoms. The van der Waals surface area contributed by atoms with Crippen molar-refractivity contribution in [3.63, 3.8) is 0 Å². The maximum absolute atomic E-state index is 8.49. The largest absolute Gasteiger partial charge is 0.437 e. The third kappa shape index (κ3) is 18.0. The number of furan rings is 6. The van der Waals surface area contributed by atoms with Crippen LogP contribution in [-0.4, -0.2) is 29.9 Å². The summed E-state index contributed by atoms with van der Waals surface area (Å²) in [6, 6.07) is 66.3. The molecule has 0 saturated heterocycles. The fourth-order valence-corrected chi connectivity index (χ4v) is 19.6. The van der Waals surface area contributed by atoms with Gasteiger partial charge in [-0.2, -0.15) is 0 Å². The Morgan fingerprint density at radius 3 is 0.993 bits per heavy atom. The van der Waals surface area contributed by atoms with Gasteiger partial charge in [-0.25, -0.2) is 57.3 Å². The van der Waals surface area contributed by atoms with Gasteiger partial charge in [0.1, 0.15) is 42.3 Å². The molecule has 24 rings (SSSR count). The highest BCUT2D eigenvalue weighted by Crippen LogP contribution is 2.46. The Balaban J connectivity index is 0.000000117. The van der Waals surface area contributed by atoms with Crippen LogP contribution in [-0.2, 0) is 42.3 Å². The summed E-state index contributed by atoms with van der Waals surface area (Å²) in [5.74, 6) is -1.34. The molecule has 0 saturated carbocycles. The average Bonchev–Trinajstić information content (AvgIpc) is 1.54. The molecule has 18 nitrogen and oxygen atoms in total. The van der Waals surface area contributed by atoms with Gasteiger partial charge in [0, 0.05) is 189 Å². The Labute approximate surface area is 852 Å². The molecule has 0 fully saturated rings. The Morgan fingerprint density at radius 1 is 0.259 bits per heavy atom. The first-order valence-corrected chi connectivity index (χ1v) is 47.9. The van der Waals surface area contributed by atoms with Crippen LogP contribution in [0.25, 0.3) is 200 Å². The second-order valence-electron chi connectivity index (χ2n) is 38.3. The van der Waals surface area contributed by atoms with Gasteiger partial charge in [-0.15, -0.1) is 0 Å². The van der Waals surface area contributed by atoms with Gasteiger partial charge in [0.15, 0.2) is 70.7 Å². The van der Waals surface area contributed by atoms with Crippen molar-refractivity contribution in [2.45, 2.75) is 157 Å². The third-order valence-corrected chi connectivity index (χ3v) is 27.4. The van der Waals surface area contributed by atoms with E-state index in [4.69, 9.17) is 44.3 Å². The van der Waals surface area contributed by atoms with E-state index in [9.17, 15) is 0 Å². The van der Waals surface area contributed by atoms with E-state index in [0.717, 1.165) is 144 Å². The molecule has 24 aromatic rings. The molecule has 18 heteroatoms. The predicted octanol–water partition coefficient (Wildman–Crippen LogP) is 28.3. The Kier molecular flexibility index (Phi) is 21.7. The summed E-state index contributed by atoms with van der Waals surface area (Å²) in [7, 11) is 11.9. The Hall–Kier alpha value is -16.1. The van der Waals surface area contributed by atoms with Crippen molar-refractivity contribution in [3.8, 4) is 67.5 Å². The van der Waals surface area contributed by atoms with Crippen LogP contribution in [0.3, 0.4) is 0 Å². The van der Waals surface area contributed by atoms with Crippen LogP contribution in [0.1, 0.15) is 163 Å². The van der Waals surface area contributed by atoms with Crippen molar-refractivity contribution in [1.82, 2.24) is 29.9 Å². The molecule has 0 radical (unpaired) electrons. The first-order chi connectivity index (χ1) is 73.7. The van der Waals surface area contributed by atoms with E-state index in [-0.39, 0.29) is 16.7 Å². The van der Waals surface area contributed by atoms with Gasteiger partial charge in [-0.05, 0) is 281 Å². The molecule has 1 unspecified atom stereocenters. The summed E-state index contributed by atoms with van der Waals surface area (Å²) < 4.78 is 152. The number of fused-ring (bicyclic) bond motifs is 18. The highest BCUT2D eigenvalue weighted by Gasteiger charge is 2.31. The second kappa shape index (κ2) is 38.5. The van der Waals surface area contributed by atoms with Crippen LogP contribution in [0.2, 0.25) is 0 Å². The Bertz CT molecular complexity index is 9830. The number of hydrogen-bond donors (Lipinski definition) is 0. The molecular weight excluding hydrogens is 1770 g/mol. The van der Waals surface area contributed by atoms with Crippen LogP contribution in [0, 0.1) is 117 Å². The molecule has 18 heterocycles. The SMILES string of the molecule is Cc1ccc(-c2c(C)ccc3c2oc2nc(C)ccc23)[n+](C)c1.Cc1ccc2c(n1)oc1c(-c3cc(C(C)C)cc[n+]3C)c(C)ccc12.Cc1ccc2c(n1)oc1c(-c3cc(C)c(C)c[n+]3C)c(C)ccc12.Cc1ccc2c(n1)oc1c(-c3cccc[n+]3C)c(C)ccc12.[2H]C([2H])([2H])c1c[n+](C)c(-c2c(C)cc(C([2H])([2H])[2H])c3c2oc2ncccc23)cc1C.[2H]C([2H])([2H])c1cc(C)c(-c2cc(C([2H])(C)C([2H])([2H])[2H])cc[n+]2C)c2oc3ncccc3c12. The van der Waals surface area contributed by atoms with E-state index >= 15 is 0 Å². The van der Waals surface area contributed by atoms with Crippen molar-refractivity contribution in [1.29, 1.82) is 0 Å². The molecule has 714 valence electrons. The van der Waals surface area contributed by atoms with Gasteiger partial charge >= 0.3 is 0 Å². The lowest BCUT2D eigenvalue weighted by molar-refractivity contribution is -0.660. The van der Waals surface area contributed by atoms with Crippen LogP contribution in [0.5, 0.6) is 0 Å². The summed E-state index contributed by atoms with van der Waals surface area (Å²) in [6.45, 7) is 24.6. The summed E-state index contributed by atoms with van der Waals surface area (Å²) in [5.41, 5.74) is 36.7. The molecule has 0 amide bonds. The highest BCUT2D eigenvalue weighted by atomic mass is 16.4. The first-order valence-electron chi connectivity index (χ1n) is 54.4. The minimum atomic E-state index is -2.52. The van der Waals surface area contributed by atoms with Crippen LogP contribution in [0.4, 0.5) is 0 Å². The van der Waals surface area contributed by atoms with E-state index in [1.807, 2.05) is 65.0 Å². The van der Waals surface area contributed by atoms with Crippen molar-refractivity contribution in [2.24, 2.45) is 42.3 Å². The molecule has 6 aromatic carbocycles. The maximum atomic E-state index is 8.49. The van der Waals surface area contributed by atoms with Crippen molar-refractivity contribution in [2.75, 3.05) is 0 Å². The lowest BCUT2D eigenvalue weighted by Crippen LogP contribution is -2.31. The lowest BCUT2D eigenvalue weighted by atomic mass is 9.95. The molecule has 0 aliphatic carbocycles. The van der Waals surface area contributed by atoms with E-state index in [0.29, 0.717) is 101 Å². The van der Waals surface area contributed by atoms with Crippen LogP contribution < -0.4 is 27.4 Å². The van der Waals surface area contributed by atoms with Gasteiger partial charge < -0.3 is 26.5 Å². The summed E-state index contributed by atoms with van der Waals surface area (Å²) in [6.07, 6.45) is 15.0. The maximum Gasteiger partial charge on any atom is 0.227 e.